The van der Waals surface area contributed by atoms with E-state index < -0.39 is 0 Å². The maximum atomic E-state index is 8.38. The van der Waals surface area contributed by atoms with Crippen molar-refractivity contribution in [1.82, 2.24) is 0 Å². The molecule has 0 spiro atoms. The van der Waals surface area contributed by atoms with Crippen molar-refractivity contribution < 1.29 is 27.5 Å². The first-order valence-corrected chi connectivity index (χ1v) is 1.50. The van der Waals surface area contributed by atoms with Crippen LogP contribution in [0, 0.1) is 0 Å². The summed E-state index contributed by atoms with van der Waals surface area (Å²) in [7, 11) is 0. The predicted molar refractivity (Wildman–Crippen MR) is 16.6 cm³/mol. The molecule has 0 bridgehead atoms. The summed E-state index contributed by atoms with van der Waals surface area (Å²) in [5.74, 6) is 0. The second-order valence-electron chi connectivity index (χ2n) is 0. The van der Waals surface area contributed by atoms with Crippen LogP contribution in [-0.4, -0.2) is 60.8 Å². The van der Waals surface area contributed by atoms with E-state index in [2.05, 4.69) is 0 Å². The molecule has 0 amide bonds. The molecule has 0 aromatic heterocycles. The van der Waals surface area contributed by atoms with Gasteiger partial charge in [-0.25, -0.2) is 0 Å². The normalized spacial score (nSPS) is 1.50. The molecule has 0 saturated carbocycles. The van der Waals surface area contributed by atoms with Crippen LogP contribution in [0.4, 0.5) is 0 Å². The molecule has 4 heteroatoms. The van der Waals surface area contributed by atoms with E-state index in [-0.39, 0.29) is 84.8 Å². The Hall–Kier alpha value is 2.45. The van der Waals surface area contributed by atoms with Gasteiger partial charge >= 0.3 is 82.6 Å². The Labute approximate surface area is 86.9 Å². The van der Waals surface area contributed by atoms with Gasteiger partial charge in [0.05, 0.1) is 0 Å². The molecular formula is H4CaMgOZn. The minimum atomic E-state index is 0. The van der Waals surface area contributed by atoms with Gasteiger partial charge in [0.1, 0.15) is 0 Å². The summed E-state index contributed by atoms with van der Waals surface area (Å²) in [6.45, 7) is 0. The topological polar surface area (TPSA) is 17.1 Å². The van der Waals surface area contributed by atoms with Crippen molar-refractivity contribution in [3.63, 3.8) is 0 Å². The molecular weight excluding hydrogens is 146 g/mol. The predicted octanol–water partition coefficient (Wildman–Crippen LogP) is -0.433. The van der Waals surface area contributed by atoms with E-state index in [9.17, 15) is 0 Å². The van der Waals surface area contributed by atoms with Crippen LogP contribution in [0.15, 0.2) is 0 Å². The third-order valence-corrected chi connectivity index (χ3v) is 0. The molecule has 0 atom stereocenters. The van der Waals surface area contributed by atoms with Gasteiger partial charge in [0.25, 0.3) is 0 Å². The fraction of sp³-hybridized carbons (Fsp3) is 0. The molecule has 0 saturated heterocycles. The maximum absolute atomic E-state index is 8.38. The summed E-state index contributed by atoms with van der Waals surface area (Å²) in [6.07, 6.45) is 0. The molecule has 0 aliphatic rings. The van der Waals surface area contributed by atoms with E-state index in [1.165, 1.54) is 0 Å². The molecule has 0 unspecified atom stereocenters. The van der Waals surface area contributed by atoms with E-state index in [1.54, 1.807) is 0 Å². The average molecular weight is 150 g/mol. The molecule has 1 nitrogen and oxygen atoms in total. The van der Waals surface area contributed by atoms with Crippen LogP contribution in [0.5, 0.6) is 0 Å². The molecule has 0 aromatic carbocycles. The quantitative estimate of drug-likeness (QED) is 0.428. The molecule has 4 heavy (non-hydrogen) atoms. The van der Waals surface area contributed by atoms with Crippen LogP contribution >= 0.6 is 0 Å². The van der Waals surface area contributed by atoms with E-state index in [1.807, 2.05) is 0 Å². The Kier molecular flexibility index (Phi) is 72.4. The van der Waals surface area contributed by atoms with Gasteiger partial charge < -0.3 is 5.71 Å². The van der Waals surface area contributed by atoms with E-state index in [0.717, 1.165) is 0 Å². The Morgan fingerprint density at radius 3 is 1.50 bits per heavy atom. The van der Waals surface area contributed by atoms with E-state index >= 15 is 0 Å². The minimum absolute atomic E-state index is 0. The Bertz CT molecular complexity index is 16.0. The van der Waals surface area contributed by atoms with E-state index in [4.69, 9.17) is 3.57 Å². The summed E-state index contributed by atoms with van der Waals surface area (Å²) in [6, 6.07) is 0. The van der Waals surface area contributed by atoms with Crippen molar-refractivity contribution in [3.05, 3.63) is 0 Å². The van der Waals surface area contributed by atoms with Crippen molar-refractivity contribution in [3.8, 4) is 0 Å². The first-order valence-electron chi connectivity index (χ1n) is 0.289. The zero-order chi connectivity index (χ0) is 2.00. The third-order valence-electron chi connectivity index (χ3n) is 0. The number of hydrogen-bond acceptors (Lipinski definition) is 1. The van der Waals surface area contributed by atoms with Crippen molar-refractivity contribution in [2.45, 2.75) is 0 Å². The summed E-state index contributed by atoms with van der Waals surface area (Å²) >= 11 is 0.125. The van der Waals surface area contributed by atoms with Crippen LogP contribution in [0.25, 0.3) is 0 Å². The summed E-state index contributed by atoms with van der Waals surface area (Å²) in [5.41, 5.74) is 0. The standard InChI is InChI=1S/Ca.Mg.O.Zn.4H/q2*+2;;;4*-1. The fourth-order valence-electron chi connectivity index (χ4n) is 0. The zero-order valence-corrected chi connectivity index (χ0v) is 9.12. The van der Waals surface area contributed by atoms with Crippen LogP contribution < -0.4 is 0 Å². The van der Waals surface area contributed by atoms with Gasteiger partial charge in [-0.15, -0.1) is 0 Å². The Morgan fingerprint density at radius 2 is 1.50 bits per heavy atom. The van der Waals surface area contributed by atoms with Gasteiger partial charge in [-0.05, 0) is 0 Å². The second-order valence-corrected chi connectivity index (χ2v) is 0. The first-order chi connectivity index (χ1) is 1.00. The van der Waals surface area contributed by atoms with Crippen LogP contribution in [0.3, 0.4) is 0 Å². The molecule has 0 rings (SSSR count). The van der Waals surface area contributed by atoms with Crippen LogP contribution in [0.1, 0.15) is 5.71 Å². The molecule has 0 heterocycles. The molecule has 0 aromatic rings. The van der Waals surface area contributed by atoms with Crippen LogP contribution in [-0.2, 0) is 21.8 Å². The number of hydrogen-bond donors (Lipinski definition) is 0. The zero-order valence-electron chi connectivity index (χ0n) is 6.53. The van der Waals surface area contributed by atoms with Gasteiger partial charge in [0.2, 0.25) is 0 Å². The van der Waals surface area contributed by atoms with Crippen molar-refractivity contribution >= 4 is 60.8 Å². The fourth-order valence-corrected chi connectivity index (χ4v) is 0. The Morgan fingerprint density at radius 1 is 1.50 bits per heavy atom. The molecule has 0 radical (unpaired) electrons. The summed E-state index contributed by atoms with van der Waals surface area (Å²) in [5, 5.41) is 0. The average Bonchev–Trinajstić information content (AvgIpc) is 1.00. The van der Waals surface area contributed by atoms with E-state index in [0.29, 0.717) is 0 Å². The van der Waals surface area contributed by atoms with Gasteiger partial charge in [-0.3, -0.25) is 0 Å². The van der Waals surface area contributed by atoms with Gasteiger partial charge in [-0.2, -0.15) is 0 Å². The SMILES string of the molecule is [Ca+2].[H-].[H-].[H-].[H-].[Mg+2].[O]=[Zn]. The molecule has 0 aliphatic heterocycles. The van der Waals surface area contributed by atoms with Gasteiger partial charge in [0, 0.05) is 0 Å². The van der Waals surface area contributed by atoms with Crippen molar-refractivity contribution in [1.29, 1.82) is 0 Å². The molecule has 16 valence electrons. The monoisotopic (exact) mass is 148 g/mol. The molecule has 0 fully saturated rings. The Balaban J connectivity index is -0.000000000333. The van der Waals surface area contributed by atoms with Crippen molar-refractivity contribution in [2.75, 3.05) is 0 Å². The number of rotatable bonds is 0. The first kappa shape index (κ1) is 16.1. The van der Waals surface area contributed by atoms with Gasteiger partial charge in [-0.1, -0.05) is 0 Å². The summed E-state index contributed by atoms with van der Waals surface area (Å²) < 4.78 is 8.38. The third kappa shape index (κ3) is 8.82. The summed E-state index contributed by atoms with van der Waals surface area (Å²) in [4.78, 5) is 0. The second kappa shape index (κ2) is 18.0. The van der Waals surface area contributed by atoms with Crippen LogP contribution in [0.2, 0.25) is 0 Å². The molecule has 0 aliphatic carbocycles. The molecule has 0 N–H and O–H groups in total. The van der Waals surface area contributed by atoms with Crippen molar-refractivity contribution in [2.24, 2.45) is 0 Å². The van der Waals surface area contributed by atoms with Gasteiger partial charge in [0.15, 0.2) is 0 Å².